The van der Waals surface area contributed by atoms with Crippen molar-refractivity contribution < 1.29 is 4.79 Å². The van der Waals surface area contributed by atoms with Gasteiger partial charge in [-0.2, -0.15) is 0 Å². The molecule has 4 rings (SSSR count). The molecular formula is C21H32O. The van der Waals surface area contributed by atoms with Gasteiger partial charge in [-0.15, -0.1) is 0 Å². The number of hydrogen-bond acceptors (Lipinski definition) is 1. The zero-order valence-corrected chi connectivity index (χ0v) is 14.9. The first-order chi connectivity index (χ1) is 10.3. The molecule has 122 valence electrons. The van der Waals surface area contributed by atoms with E-state index in [2.05, 4.69) is 33.8 Å². The van der Waals surface area contributed by atoms with E-state index in [1.807, 2.05) is 0 Å². The van der Waals surface area contributed by atoms with Crippen LogP contribution in [-0.4, -0.2) is 5.78 Å². The first-order valence-electron chi connectivity index (χ1n) is 9.53. The van der Waals surface area contributed by atoms with Gasteiger partial charge in [0.2, 0.25) is 0 Å². The van der Waals surface area contributed by atoms with Crippen molar-refractivity contribution >= 4 is 5.78 Å². The van der Waals surface area contributed by atoms with Crippen LogP contribution < -0.4 is 0 Å². The van der Waals surface area contributed by atoms with Crippen molar-refractivity contribution in [3.8, 4) is 0 Å². The molecule has 22 heavy (non-hydrogen) atoms. The lowest BCUT2D eigenvalue weighted by atomic mass is 9.45. The highest BCUT2D eigenvalue weighted by atomic mass is 16.1. The minimum absolute atomic E-state index is 0.214. The van der Waals surface area contributed by atoms with Crippen LogP contribution in [0.1, 0.15) is 79.1 Å². The van der Waals surface area contributed by atoms with E-state index in [9.17, 15) is 4.79 Å². The Bertz CT molecular complexity index is 542. The summed E-state index contributed by atoms with van der Waals surface area (Å²) in [5.74, 6) is 3.13. The summed E-state index contributed by atoms with van der Waals surface area (Å²) in [6, 6.07) is 0. The Morgan fingerprint density at radius 3 is 2.55 bits per heavy atom. The van der Waals surface area contributed by atoms with E-state index in [1.165, 1.54) is 44.1 Å². The SMILES string of the molecule is CC1(C)C(=O)CC[C@@]2(C)C1=CC[C@@H]1[C@H]3CCC[C@@]3(C)CC[C@H]12. The van der Waals surface area contributed by atoms with Gasteiger partial charge in [-0.25, -0.2) is 0 Å². The Kier molecular flexibility index (Phi) is 3.05. The van der Waals surface area contributed by atoms with Crippen molar-refractivity contribution in [2.45, 2.75) is 79.1 Å². The molecule has 0 bridgehead atoms. The summed E-state index contributed by atoms with van der Waals surface area (Å²) >= 11 is 0. The second-order valence-corrected chi connectivity index (χ2v) is 9.78. The molecule has 0 amide bonds. The summed E-state index contributed by atoms with van der Waals surface area (Å²) in [5.41, 5.74) is 2.21. The molecule has 0 aromatic carbocycles. The summed E-state index contributed by atoms with van der Waals surface area (Å²) < 4.78 is 0. The Morgan fingerprint density at radius 1 is 1.00 bits per heavy atom. The number of fused-ring (bicyclic) bond motifs is 5. The lowest BCUT2D eigenvalue weighted by molar-refractivity contribution is -0.131. The van der Waals surface area contributed by atoms with Crippen molar-refractivity contribution in [1.29, 1.82) is 0 Å². The fourth-order valence-electron chi connectivity index (χ4n) is 7.21. The van der Waals surface area contributed by atoms with Gasteiger partial charge < -0.3 is 0 Å². The summed E-state index contributed by atoms with van der Waals surface area (Å²) in [4.78, 5) is 12.5. The van der Waals surface area contributed by atoms with Gasteiger partial charge in [0, 0.05) is 11.8 Å². The van der Waals surface area contributed by atoms with E-state index in [0.717, 1.165) is 30.6 Å². The highest BCUT2D eigenvalue weighted by Gasteiger charge is 2.58. The van der Waals surface area contributed by atoms with Crippen molar-refractivity contribution in [2.75, 3.05) is 0 Å². The summed E-state index contributed by atoms with van der Waals surface area (Å²) in [6.07, 6.45) is 12.8. The molecule has 4 aliphatic rings. The van der Waals surface area contributed by atoms with Crippen LogP contribution in [0.4, 0.5) is 0 Å². The standard InChI is InChI=1S/C21H32O/c1-19(2)17-8-7-14-15-6-5-11-20(15,3)12-9-16(14)21(17,4)13-10-18(19)22/h8,14-16H,5-7,9-13H2,1-4H3/t14-,15-,16-,20+,21-/m1/s1. The molecule has 0 aromatic rings. The molecule has 0 N–H and O–H groups in total. The quantitative estimate of drug-likeness (QED) is 0.536. The second-order valence-electron chi connectivity index (χ2n) is 9.78. The maximum atomic E-state index is 12.5. The van der Waals surface area contributed by atoms with Crippen LogP contribution in [0.2, 0.25) is 0 Å². The van der Waals surface area contributed by atoms with Crippen LogP contribution in [0.15, 0.2) is 11.6 Å². The first kappa shape index (κ1) is 15.0. The molecule has 0 unspecified atom stereocenters. The van der Waals surface area contributed by atoms with Gasteiger partial charge in [-0.1, -0.05) is 31.9 Å². The van der Waals surface area contributed by atoms with Crippen molar-refractivity contribution in [1.82, 2.24) is 0 Å². The molecule has 0 spiro atoms. The molecule has 3 saturated carbocycles. The molecule has 0 aliphatic heterocycles. The van der Waals surface area contributed by atoms with Crippen LogP contribution in [0, 0.1) is 34.0 Å². The summed E-state index contributed by atoms with van der Waals surface area (Å²) in [7, 11) is 0. The normalized spacial score (nSPS) is 49.9. The van der Waals surface area contributed by atoms with Crippen LogP contribution in [-0.2, 0) is 4.79 Å². The molecule has 0 heterocycles. The smallest absolute Gasteiger partial charge is 0.142 e. The third-order valence-electron chi connectivity index (χ3n) is 8.49. The minimum atomic E-state index is -0.214. The Balaban J connectivity index is 1.75. The third-order valence-corrected chi connectivity index (χ3v) is 8.49. The van der Waals surface area contributed by atoms with E-state index < -0.39 is 0 Å². The van der Waals surface area contributed by atoms with E-state index in [1.54, 1.807) is 0 Å². The Labute approximate surface area is 135 Å². The number of carbonyl (C=O) groups excluding carboxylic acids is 1. The number of rotatable bonds is 0. The van der Waals surface area contributed by atoms with Gasteiger partial charge in [-0.05, 0) is 81.0 Å². The number of carbonyl (C=O) groups is 1. The fraction of sp³-hybridized carbons (Fsp3) is 0.857. The molecule has 1 heteroatoms. The van der Waals surface area contributed by atoms with Gasteiger partial charge in [0.05, 0.1) is 0 Å². The van der Waals surface area contributed by atoms with Crippen molar-refractivity contribution in [3.63, 3.8) is 0 Å². The Morgan fingerprint density at radius 2 is 1.77 bits per heavy atom. The van der Waals surface area contributed by atoms with Gasteiger partial charge in [0.1, 0.15) is 5.78 Å². The van der Waals surface area contributed by atoms with Crippen molar-refractivity contribution in [2.24, 2.45) is 34.0 Å². The molecule has 0 aromatic heterocycles. The predicted octanol–water partition coefficient (Wildman–Crippen LogP) is 5.54. The van der Waals surface area contributed by atoms with E-state index in [-0.39, 0.29) is 5.41 Å². The lowest BCUT2D eigenvalue weighted by Gasteiger charge is -2.59. The maximum absolute atomic E-state index is 12.5. The second kappa shape index (κ2) is 4.48. The van der Waals surface area contributed by atoms with Gasteiger partial charge >= 0.3 is 0 Å². The number of allylic oxidation sites excluding steroid dienone is 2. The zero-order chi connectivity index (χ0) is 15.8. The maximum Gasteiger partial charge on any atom is 0.142 e. The molecule has 4 aliphatic carbocycles. The van der Waals surface area contributed by atoms with Crippen LogP contribution in [0.25, 0.3) is 0 Å². The van der Waals surface area contributed by atoms with Gasteiger partial charge in [-0.3, -0.25) is 4.79 Å². The average molecular weight is 300 g/mol. The molecule has 0 saturated heterocycles. The third kappa shape index (κ3) is 1.74. The summed E-state index contributed by atoms with van der Waals surface area (Å²) in [5, 5.41) is 0. The number of ketones is 1. The number of hydrogen-bond donors (Lipinski definition) is 0. The lowest BCUT2D eigenvalue weighted by Crippen LogP contribution is -2.52. The predicted molar refractivity (Wildman–Crippen MR) is 90.5 cm³/mol. The van der Waals surface area contributed by atoms with Gasteiger partial charge in [0.15, 0.2) is 0 Å². The molecule has 3 fully saturated rings. The van der Waals surface area contributed by atoms with Crippen molar-refractivity contribution in [3.05, 3.63) is 11.6 Å². The largest absolute Gasteiger partial charge is 0.299 e. The van der Waals surface area contributed by atoms with Crippen LogP contribution >= 0.6 is 0 Å². The summed E-state index contributed by atoms with van der Waals surface area (Å²) in [6.45, 7) is 9.43. The molecular weight excluding hydrogens is 268 g/mol. The minimum Gasteiger partial charge on any atom is -0.299 e. The first-order valence-corrected chi connectivity index (χ1v) is 9.53. The monoisotopic (exact) mass is 300 g/mol. The highest BCUT2D eigenvalue weighted by Crippen LogP contribution is 2.66. The average Bonchev–Trinajstić information content (AvgIpc) is 2.85. The van der Waals surface area contributed by atoms with Crippen LogP contribution in [0.5, 0.6) is 0 Å². The van der Waals surface area contributed by atoms with E-state index in [4.69, 9.17) is 0 Å². The molecule has 1 nitrogen and oxygen atoms in total. The fourth-order valence-corrected chi connectivity index (χ4v) is 7.21. The molecule has 5 atom stereocenters. The van der Waals surface area contributed by atoms with E-state index in [0.29, 0.717) is 16.6 Å². The number of Topliss-reactive ketones (excluding diaryl/α,β-unsaturated/α-hetero) is 1. The van der Waals surface area contributed by atoms with Gasteiger partial charge in [0.25, 0.3) is 0 Å². The highest BCUT2D eigenvalue weighted by molar-refractivity contribution is 5.89. The topological polar surface area (TPSA) is 17.1 Å². The molecule has 0 radical (unpaired) electrons. The Hall–Kier alpha value is -0.590. The van der Waals surface area contributed by atoms with E-state index >= 15 is 0 Å². The van der Waals surface area contributed by atoms with Crippen LogP contribution in [0.3, 0.4) is 0 Å². The zero-order valence-electron chi connectivity index (χ0n) is 14.9.